The third kappa shape index (κ3) is 2.62. The number of nitrogens with one attached hydrogen (secondary N) is 1. The number of carbonyl (C=O) groups is 1. The minimum absolute atomic E-state index is 0.0417. The summed E-state index contributed by atoms with van der Waals surface area (Å²) < 4.78 is 7.36. The monoisotopic (exact) mass is 375 g/mol. The molecule has 0 bridgehead atoms. The van der Waals surface area contributed by atoms with Crippen LogP contribution >= 0.6 is 0 Å². The predicted octanol–water partition coefficient (Wildman–Crippen LogP) is 3.35. The first-order valence-electron chi connectivity index (χ1n) is 9.35. The Labute approximate surface area is 162 Å². The molecule has 0 radical (unpaired) electrons. The van der Waals surface area contributed by atoms with Gasteiger partial charge in [-0.1, -0.05) is 12.1 Å². The van der Waals surface area contributed by atoms with Gasteiger partial charge in [-0.05, 0) is 36.2 Å². The predicted molar refractivity (Wildman–Crippen MR) is 105 cm³/mol. The lowest BCUT2D eigenvalue weighted by atomic mass is 9.79. The number of furan rings is 1. The maximum atomic E-state index is 13.2. The molecule has 0 unspecified atom stereocenters. The lowest BCUT2D eigenvalue weighted by molar-refractivity contribution is -0.117. The molecule has 3 heterocycles. The van der Waals surface area contributed by atoms with Gasteiger partial charge in [0.15, 0.2) is 5.78 Å². The van der Waals surface area contributed by atoms with Crippen molar-refractivity contribution >= 4 is 17.4 Å². The van der Waals surface area contributed by atoms with Crippen molar-refractivity contribution in [3.8, 4) is 0 Å². The molecule has 0 spiro atoms. The molecule has 0 fully saturated rings. The summed E-state index contributed by atoms with van der Waals surface area (Å²) in [4.78, 5) is 19.6. The number of ketones is 1. The number of rotatable bonds is 3. The van der Waals surface area contributed by atoms with E-state index in [1.807, 2.05) is 26.2 Å². The highest BCUT2D eigenvalue weighted by molar-refractivity contribution is 6.00. The van der Waals surface area contributed by atoms with Crippen LogP contribution in [0.4, 0.5) is 11.6 Å². The molecule has 2 aliphatic rings. The maximum absolute atomic E-state index is 13.2. The van der Waals surface area contributed by atoms with Crippen LogP contribution in [-0.2, 0) is 4.79 Å². The van der Waals surface area contributed by atoms with E-state index < -0.39 is 0 Å². The highest BCUT2D eigenvalue weighted by Crippen LogP contribution is 2.43. The summed E-state index contributed by atoms with van der Waals surface area (Å²) >= 11 is 0. The molecule has 0 saturated carbocycles. The number of Topliss-reactive ketones (excluding diaryl/α,β-unsaturated/α-hetero) is 1. The summed E-state index contributed by atoms with van der Waals surface area (Å²) in [7, 11) is 4.02. The molecule has 1 aromatic carbocycles. The van der Waals surface area contributed by atoms with Crippen LogP contribution in [0.1, 0.15) is 36.1 Å². The van der Waals surface area contributed by atoms with Gasteiger partial charge in [-0.2, -0.15) is 10.1 Å². The van der Waals surface area contributed by atoms with Crippen LogP contribution in [0, 0.1) is 0 Å². The third-order valence-corrected chi connectivity index (χ3v) is 5.53. The number of hydrogen-bond donors (Lipinski definition) is 1. The van der Waals surface area contributed by atoms with Gasteiger partial charge in [0.2, 0.25) is 5.95 Å². The second kappa shape index (κ2) is 6.37. The molecule has 3 aromatic rings. The van der Waals surface area contributed by atoms with E-state index in [1.165, 1.54) is 6.33 Å². The van der Waals surface area contributed by atoms with Crippen molar-refractivity contribution in [1.82, 2.24) is 14.8 Å². The molecule has 142 valence electrons. The van der Waals surface area contributed by atoms with Gasteiger partial charge in [-0.25, -0.2) is 4.68 Å². The Hall–Kier alpha value is -3.35. The van der Waals surface area contributed by atoms with Crippen molar-refractivity contribution in [1.29, 1.82) is 0 Å². The number of hydrogen-bond acceptors (Lipinski definition) is 6. The molecule has 7 nitrogen and oxygen atoms in total. The number of nitrogens with zero attached hydrogens (tertiary/aromatic N) is 4. The van der Waals surface area contributed by atoms with Crippen molar-refractivity contribution in [2.24, 2.45) is 0 Å². The Bertz CT molecular complexity index is 1050. The van der Waals surface area contributed by atoms with E-state index in [9.17, 15) is 4.79 Å². The smallest absolute Gasteiger partial charge is 0.226 e. The van der Waals surface area contributed by atoms with E-state index in [0.717, 1.165) is 28.3 Å². The summed E-state index contributed by atoms with van der Waals surface area (Å²) in [5, 5.41) is 7.72. The van der Waals surface area contributed by atoms with Crippen molar-refractivity contribution in [3.63, 3.8) is 0 Å². The Morgan fingerprint density at radius 2 is 2.00 bits per heavy atom. The Morgan fingerprint density at radius 1 is 1.18 bits per heavy atom. The highest BCUT2D eigenvalue weighted by atomic mass is 16.3. The zero-order valence-corrected chi connectivity index (χ0v) is 15.8. The van der Waals surface area contributed by atoms with Crippen LogP contribution in [0.25, 0.3) is 0 Å². The second-order valence-electron chi connectivity index (χ2n) is 7.48. The van der Waals surface area contributed by atoms with Gasteiger partial charge < -0.3 is 14.6 Å². The topological polar surface area (TPSA) is 76.2 Å². The van der Waals surface area contributed by atoms with E-state index in [4.69, 9.17) is 4.42 Å². The van der Waals surface area contributed by atoms with Crippen LogP contribution in [-0.4, -0.2) is 34.6 Å². The van der Waals surface area contributed by atoms with Crippen molar-refractivity contribution in [2.45, 2.75) is 24.8 Å². The number of benzene rings is 1. The largest absolute Gasteiger partial charge is 0.469 e. The molecule has 7 heteroatoms. The molecule has 5 rings (SSSR count). The highest BCUT2D eigenvalue weighted by Gasteiger charge is 2.39. The number of aromatic nitrogens is 3. The van der Waals surface area contributed by atoms with E-state index in [-0.39, 0.29) is 17.7 Å². The summed E-state index contributed by atoms with van der Waals surface area (Å²) in [5.41, 5.74) is 3.83. The van der Waals surface area contributed by atoms with Gasteiger partial charge in [0.05, 0.1) is 6.26 Å². The number of carbonyl (C=O) groups excluding carboxylic acids is 1. The van der Waals surface area contributed by atoms with Crippen LogP contribution in [0.2, 0.25) is 0 Å². The summed E-state index contributed by atoms with van der Waals surface area (Å²) in [6, 6.07) is 11.8. The van der Waals surface area contributed by atoms with Crippen LogP contribution < -0.4 is 10.2 Å². The van der Waals surface area contributed by atoms with Crippen molar-refractivity contribution < 1.29 is 9.21 Å². The minimum atomic E-state index is -0.269. The lowest BCUT2D eigenvalue weighted by Gasteiger charge is -2.34. The molecular formula is C21H21N5O2. The fraction of sp³-hybridized carbons (Fsp3) is 0.286. The fourth-order valence-corrected chi connectivity index (χ4v) is 4.14. The average Bonchev–Trinajstić information content (AvgIpc) is 3.38. The molecule has 1 aliphatic heterocycles. The summed E-state index contributed by atoms with van der Waals surface area (Å²) in [6.45, 7) is 0. The normalized spacial score (nSPS) is 21.1. The fourth-order valence-electron chi connectivity index (χ4n) is 4.14. The second-order valence-corrected chi connectivity index (χ2v) is 7.48. The third-order valence-electron chi connectivity index (χ3n) is 5.53. The Morgan fingerprint density at radius 3 is 2.71 bits per heavy atom. The van der Waals surface area contributed by atoms with Gasteiger partial charge in [-0.15, -0.1) is 0 Å². The van der Waals surface area contributed by atoms with E-state index in [0.29, 0.717) is 18.8 Å². The number of anilines is 2. The Balaban J connectivity index is 1.58. The molecule has 0 amide bonds. The minimum Gasteiger partial charge on any atom is -0.469 e. The van der Waals surface area contributed by atoms with E-state index >= 15 is 0 Å². The lowest BCUT2D eigenvalue weighted by Crippen LogP contribution is -2.33. The van der Waals surface area contributed by atoms with Gasteiger partial charge >= 0.3 is 0 Å². The quantitative estimate of drug-likeness (QED) is 0.757. The van der Waals surface area contributed by atoms with Crippen LogP contribution in [0.5, 0.6) is 0 Å². The summed E-state index contributed by atoms with van der Waals surface area (Å²) in [6.07, 6.45) is 4.33. The number of allylic oxidation sites excluding steroid dienone is 2. The van der Waals surface area contributed by atoms with Gasteiger partial charge in [-0.3, -0.25) is 4.79 Å². The molecule has 2 aromatic heterocycles. The average molecular weight is 375 g/mol. The van der Waals surface area contributed by atoms with Gasteiger partial charge in [0, 0.05) is 43.4 Å². The van der Waals surface area contributed by atoms with E-state index in [1.54, 1.807) is 10.9 Å². The van der Waals surface area contributed by atoms with Crippen molar-refractivity contribution in [3.05, 3.63) is 71.6 Å². The molecular weight excluding hydrogens is 354 g/mol. The molecule has 0 saturated heterocycles. The van der Waals surface area contributed by atoms with Gasteiger partial charge in [0.1, 0.15) is 18.1 Å². The van der Waals surface area contributed by atoms with Crippen LogP contribution in [0.15, 0.2) is 64.7 Å². The van der Waals surface area contributed by atoms with Crippen molar-refractivity contribution in [2.75, 3.05) is 24.3 Å². The SMILES string of the molecule is CN(C)c1ccc([C@H]2C3=C(C[C@@H](c4ccco4)CC3=O)Nc3ncnn32)cc1. The zero-order valence-electron chi connectivity index (χ0n) is 15.8. The van der Waals surface area contributed by atoms with Gasteiger partial charge in [0.25, 0.3) is 0 Å². The first kappa shape index (κ1) is 16.8. The molecule has 1 N–H and O–H groups in total. The first-order chi connectivity index (χ1) is 13.6. The Kier molecular flexibility index (Phi) is 3.82. The molecule has 2 atom stereocenters. The standard InChI is InChI=1S/C21H21N5O2/c1-25(2)15-7-5-13(6-8-15)20-19-16(24-21-22-12-23-26(20)21)10-14(11-17(19)27)18-4-3-9-28-18/h3-9,12,14,20H,10-11H2,1-2H3,(H,22,23,24)/t14-,20+/m1/s1. The van der Waals surface area contributed by atoms with E-state index in [2.05, 4.69) is 44.6 Å². The molecule has 28 heavy (non-hydrogen) atoms. The molecule has 1 aliphatic carbocycles. The zero-order chi connectivity index (χ0) is 19.3. The maximum Gasteiger partial charge on any atom is 0.226 e. The summed E-state index contributed by atoms with van der Waals surface area (Å²) in [5.74, 6) is 1.67. The number of fused-ring (bicyclic) bond motifs is 1. The van der Waals surface area contributed by atoms with Crippen LogP contribution in [0.3, 0.4) is 0 Å². The first-order valence-corrected chi connectivity index (χ1v) is 9.35.